The topological polar surface area (TPSA) is 571 Å². The van der Waals surface area contributed by atoms with Crippen molar-refractivity contribution >= 4 is 157 Å². The van der Waals surface area contributed by atoms with Gasteiger partial charge in [-0.25, -0.2) is 34.7 Å². The number of aliphatic carboxylic acids is 1. The zero-order valence-electron chi connectivity index (χ0n) is 63.5. The number of nitrogens with two attached hydrogens (primary N) is 1. The predicted octanol–water partition coefficient (Wildman–Crippen LogP) is 1.92. The van der Waals surface area contributed by atoms with Crippen LogP contribution in [-0.2, 0) is 43.8 Å². The molecule has 4 aliphatic rings. The number of aromatic nitrogens is 6. The van der Waals surface area contributed by atoms with Gasteiger partial charge < -0.3 is 89.0 Å². The van der Waals surface area contributed by atoms with Crippen molar-refractivity contribution in [2.24, 2.45) is 16.6 Å². The van der Waals surface area contributed by atoms with Gasteiger partial charge in [0.15, 0.2) is 0 Å². The fraction of sp³-hybridized carbons (Fsp3) is 0.458. The Hall–Kier alpha value is -10.1. The summed E-state index contributed by atoms with van der Waals surface area (Å²) < 4.78 is 6.27. The molecule has 0 saturated carbocycles. The number of aliphatic hydroxyl groups is 5. The second kappa shape index (κ2) is 36.8. The number of carbonyl (C=O) groups excluding carboxylic acids is 11. The number of carboxylic acid groups (broad SMARTS) is 1. The number of nitrogens with one attached hydrogen (secondary N) is 10. The average Bonchev–Trinajstić information content (AvgIpc) is 1.61. The van der Waals surface area contributed by atoms with E-state index in [1.54, 1.807) is 19.9 Å². The largest absolute Gasteiger partial charge is 0.481 e. The van der Waals surface area contributed by atoms with E-state index in [9.17, 15) is 73.8 Å². The number of carbonyl (C=O) groups is 12. The first kappa shape index (κ1) is 87.3. The number of pyridine rings is 1. The molecule has 6 aromatic heterocycles. The lowest BCUT2D eigenvalue weighted by molar-refractivity contribution is -0.136. The standard InChI is InChI=1S/C72H86N18O19S6/c1-12-27(3)48-63(105)76-29(5)57(99)74-28(4)56(98)75-30(6)58(100)90-72-18-16-39(66-84-43(23-112-66)59(101)81-42(55(73)97)21-110-19-17-47(94)95)79-53(72)41-22-113-67(82-41)50(33(9)109-69(107)40-20-36(31(7)91)35-14-15-38(77-48)52(96)51(35)78-40)88-60(102)44-25-114-68(85-44)54(71(11,108)34(10)93)89-62(104)45-24-111-65(83-45)37(13-2)80-64(106)49(32(8)92)87-61(103)46-26-115-70(72)86-46/h13-15,20,22-27,29-34,38,42,48-50,52-54,77,91-93,96,108H,4,12,16-19,21H2,1-3,5-11H3,(H2,73,97)(H,74,99)(H,75,98)(H,76,105)(H,80,106)(H,81,101)(H,87,103)(H,88,102)(H,89,104)(H,90,100)(H,94,95)/b37-13-/t27-,29-,30-,31-,32+,33+,34+,38?,42?,48-,49-,50-,52-,53+,54+,71+,72?/m0/s1. The van der Waals surface area contributed by atoms with Crippen molar-refractivity contribution in [3.8, 4) is 0 Å². The third-order valence-corrected chi connectivity index (χ3v) is 25.2. The quantitative estimate of drug-likeness (QED) is 0.0397. The normalized spacial score (nSPS) is 25.8. The van der Waals surface area contributed by atoms with E-state index in [2.05, 4.69) is 79.7 Å². The number of primary amides is 1. The Morgan fingerprint density at radius 3 is 2.10 bits per heavy atom. The van der Waals surface area contributed by atoms with Gasteiger partial charge in [-0.2, -0.15) is 11.8 Å². The number of hydrogen-bond acceptors (Lipinski definition) is 32. The number of aliphatic imine (C=N–C) groups is 1. The lowest BCUT2D eigenvalue weighted by atomic mass is 9.80. The summed E-state index contributed by atoms with van der Waals surface area (Å²) in [6.45, 7) is 17.9. The zero-order chi connectivity index (χ0) is 84.0. The van der Waals surface area contributed by atoms with Crippen molar-refractivity contribution in [1.82, 2.24) is 83.1 Å². The van der Waals surface area contributed by atoms with Crippen molar-refractivity contribution in [1.29, 1.82) is 0 Å². The van der Waals surface area contributed by atoms with Gasteiger partial charge >= 0.3 is 11.9 Å². The first-order chi connectivity index (χ1) is 54.3. The molecule has 18 N–H and O–H groups in total. The molecule has 3 aliphatic heterocycles. The summed E-state index contributed by atoms with van der Waals surface area (Å²) in [7, 11) is 0. The van der Waals surface area contributed by atoms with E-state index in [4.69, 9.17) is 25.4 Å². The van der Waals surface area contributed by atoms with Crippen LogP contribution in [0.3, 0.4) is 0 Å². The van der Waals surface area contributed by atoms with E-state index < -0.39 is 190 Å². The number of hydrogen-bond donors (Lipinski definition) is 17. The Balaban J connectivity index is 1.18. The molecule has 9 heterocycles. The molecular formula is C72H86N18O19S6. The lowest BCUT2D eigenvalue weighted by Crippen LogP contribution is -2.57. The molecule has 614 valence electrons. The molecule has 17 atom stereocenters. The van der Waals surface area contributed by atoms with Crippen LogP contribution in [-0.4, -0.2) is 209 Å². The number of ether oxygens (including phenoxy) is 1. The Kier molecular flexibility index (Phi) is 28.0. The molecule has 0 saturated heterocycles. The molecule has 1 aliphatic carbocycles. The van der Waals surface area contributed by atoms with Gasteiger partial charge in [0.25, 0.3) is 29.5 Å². The third-order valence-electron chi connectivity index (χ3n) is 19.5. The van der Waals surface area contributed by atoms with Gasteiger partial charge in [0.05, 0.1) is 65.3 Å². The highest BCUT2D eigenvalue weighted by atomic mass is 32.2. The van der Waals surface area contributed by atoms with E-state index in [0.29, 0.717) is 6.42 Å². The number of carboxylic acids is 1. The summed E-state index contributed by atoms with van der Waals surface area (Å²) in [5, 5.41) is 101. The van der Waals surface area contributed by atoms with Crippen LogP contribution in [0, 0.1) is 5.92 Å². The number of aliphatic hydroxyl groups excluding tert-OH is 4. The molecule has 10 rings (SSSR count). The molecule has 0 radical (unpaired) electrons. The summed E-state index contributed by atoms with van der Waals surface area (Å²) in [5.41, 5.74) is -0.561. The van der Waals surface area contributed by atoms with Gasteiger partial charge in [-0.05, 0) is 85.8 Å². The van der Waals surface area contributed by atoms with Crippen LogP contribution in [0.25, 0.3) is 11.8 Å². The monoisotopic (exact) mass is 1700 g/mol. The van der Waals surface area contributed by atoms with Crippen LogP contribution >= 0.6 is 68.4 Å². The molecule has 0 aromatic carbocycles. The van der Waals surface area contributed by atoms with E-state index in [-0.39, 0.29) is 107 Å². The van der Waals surface area contributed by atoms with Crippen molar-refractivity contribution < 1.29 is 92.9 Å². The highest BCUT2D eigenvalue weighted by Crippen LogP contribution is 2.48. The molecule has 115 heavy (non-hydrogen) atoms. The Labute approximate surface area is 681 Å². The molecule has 0 spiro atoms. The van der Waals surface area contributed by atoms with Gasteiger partial charge in [-0.15, -0.1) is 56.7 Å². The zero-order valence-corrected chi connectivity index (χ0v) is 68.4. The number of amides is 10. The molecule has 43 heteroatoms. The molecule has 10 amide bonds. The summed E-state index contributed by atoms with van der Waals surface area (Å²) in [6.07, 6.45) is -3.47. The van der Waals surface area contributed by atoms with Crippen LogP contribution in [0.15, 0.2) is 62.4 Å². The van der Waals surface area contributed by atoms with Crippen molar-refractivity contribution in [2.75, 3.05) is 11.5 Å². The summed E-state index contributed by atoms with van der Waals surface area (Å²) in [4.78, 5) is 203. The van der Waals surface area contributed by atoms with Gasteiger partial charge in [0, 0.05) is 44.0 Å². The first-order valence-electron chi connectivity index (χ1n) is 36.1. The first-order valence-corrected chi connectivity index (χ1v) is 41.6. The number of allylic oxidation sites excluding steroid dienone is 1. The van der Waals surface area contributed by atoms with Gasteiger partial charge in [-0.3, -0.25) is 63.0 Å². The van der Waals surface area contributed by atoms with Crippen molar-refractivity contribution in [3.63, 3.8) is 0 Å². The predicted molar refractivity (Wildman–Crippen MR) is 423 cm³/mol. The third kappa shape index (κ3) is 19.7. The minimum Gasteiger partial charge on any atom is -0.481 e. The minimum absolute atomic E-state index is 0.0111. The molecule has 37 nitrogen and oxygen atoms in total. The van der Waals surface area contributed by atoms with Crippen LogP contribution in [0.4, 0.5) is 0 Å². The number of esters is 1. The van der Waals surface area contributed by atoms with Crippen LogP contribution in [0.5, 0.6) is 0 Å². The summed E-state index contributed by atoms with van der Waals surface area (Å²) in [5.74, 6) is -12.1. The Bertz CT molecular complexity index is 4890. The molecular weight excluding hydrogens is 1610 g/mol. The molecule has 3 unspecified atom stereocenters. The van der Waals surface area contributed by atoms with Gasteiger partial charge in [-0.1, -0.05) is 45.1 Å². The van der Waals surface area contributed by atoms with Crippen LogP contribution < -0.4 is 58.9 Å². The molecule has 13 bridgehead atoms. The second-order valence-corrected chi connectivity index (χ2v) is 33.5. The van der Waals surface area contributed by atoms with Gasteiger partial charge in [0.2, 0.25) is 29.5 Å². The summed E-state index contributed by atoms with van der Waals surface area (Å²) >= 11 is 5.33. The maximum absolute atomic E-state index is 15.4. The van der Waals surface area contributed by atoms with Crippen LogP contribution in [0.1, 0.15) is 225 Å². The Morgan fingerprint density at radius 2 is 1.43 bits per heavy atom. The smallest absolute Gasteiger partial charge is 0.357 e. The summed E-state index contributed by atoms with van der Waals surface area (Å²) in [6, 6.07) is -11.7. The fourth-order valence-electron chi connectivity index (χ4n) is 12.4. The van der Waals surface area contributed by atoms with Crippen molar-refractivity contribution in [2.45, 2.75) is 191 Å². The highest BCUT2D eigenvalue weighted by molar-refractivity contribution is 7.99. The minimum atomic E-state index is -2.23. The maximum atomic E-state index is 15.4. The number of thiazole rings is 5. The van der Waals surface area contributed by atoms with E-state index >= 15 is 14.4 Å². The average molecular weight is 1700 g/mol. The number of cyclic esters (lactones) is 1. The highest BCUT2D eigenvalue weighted by Gasteiger charge is 2.51. The lowest BCUT2D eigenvalue weighted by Gasteiger charge is -2.41. The van der Waals surface area contributed by atoms with E-state index in [1.165, 1.54) is 101 Å². The molecule has 6 aromatic rings. The Morgan fingerprint density at radius 1 is 0.765 bits per heavy atom. The fourth-order valence-corrected chi connectivity index (χ4v) is 18.0. The number of rotatable bonds is 15. The van der Waals surface area contributed by atoms with Crippen LogP contribution in [0.2, 0.25) is 0 Å². The van der Waals surface area contributed by atoms with E-state index in [0.717, 1.165) is 68.4 Å². The SMILES string of the molecule is C=C1NC(=O)[C@H](C)NC(=O)[C@H]([C@@H](C)CC)NC2C=Cc3c([C@H](C)O)cc(nc3[C@H]2O)C(=O)O[C@H](C)[C@@H]2NC(=O)c3csc(n3)[C@H]([C@](C)(O)[C@@H](C)O)NC(=O)c3csc(n3)/C(=C/C)NC(=O)[C@H]([C@@H](C)O)NC(=O)c3csc(n3)C3(CCC(c4nc(C(=O)NC(CSCCC(=O)O)C(N)=O)cs4)=N[C@@H]3c3csc2n3)NC(=O)[C@H](C)NC1=O. The molecule has 0 fully saturated rings. The number of thioether (sulfide) groups is 1. The van der Waals surface area contributed by atoms with E-state index in [1.807, 2.05) is 0 Å². The second-order valence-electron chi connectivity index (χ2n) is 28.0. The number of fused-ring (bicyclic) bond motifs is 8. The maximum Gasteiger partial charge on any atom is 0.357 e. The number of nitrogens with zero attached hydrogens (tertiary/aromatic N) is 7. The van der Waals surface area contributed by atoms with Crippen molar-refractivity contribution in [3.05, 3.63) is 133 Å². The van der Waals surface area contributed by atoms with Gasteiger partial charge in [0.1, 0.15) is 119 Å².